The molecule has 0 saturated carbocycles. The number of aliphatic hydroxyl groups is 1. The summed E-state index contributed by atoms with van der Waals surface area (Å²) in [5.74, 6) is 1.64. The quantitative estimate of drug-likeness (QED) is 0.140. The molecule has 5 rings (SSSR count). The lowest BCUT2D eigenvalue weighted by atomic mass is 10.0. The Morgan fingerprint density at radius 2 is 1.30 bits per heavy atom. The zero-order valence-electron chi connectivity index (χ0n) is 25.1. The molecule has 0 aromatic heterocycles. The summed E-state index contributed by atoms with van der Waals surface area (Å²) in [5, 5.41) is 12.9. The van der Waals surface area contributed by atoms with Crippen LogP contribution in [0.5, 0.6) is 11.5 Å². The second kappa shape index (κ2) is 16.8. The van der Waals surface area contributed by atoms with Crippen molar-refractivity contribution in [2.75, 3.05) is 18.5 Å². The molecule has 0 atom stereocenters. The van der Waals surface area contributed by atoms with Crippen LogP contribution >= 0.6 is 0 Å². The molecule has 5 aromatic rings. The summed E-state index contributed by atoms with van der Waals surface area (Å²) in [6.07, 6.45) is 1.87. The summed E-state index contributed by atoms with van der Waals surface area (Å²) in [4.78, 5) is 0. The van der Waals surface area contributed by atoms with E-state index in [9.17, 15) is 5.11 Å². The van der Waals surface area contributed by atoms with Crippen molar-refractivity contribution in [3.8, 4) is 22.6 Å². The number of nitrogens with one attached hydrogen (secondary N) is 1. The molecule has 0 radical (unpaired) electrons. The van der Waals surface area contributed by atoms with Gasteiger partial charge in [0.15, 0.2) is 0 Å². The molecule has 4 N–H and O–H groups in total. The lowest BCUT2D eigenvalue weighted by molar-refractivity contribution is 0.259. The van der Waals surface area contributed by atoms with E-state index in [1.807, 2.05) is 67.6 Å². The second-order valence-corrected chi connectivity index (χ2v) is 10.1. The Balaban J connectivity index is 0.000000203. The van der Waals surface area contributed by atoms with Crippen molar-refractivity contribution in [3.63, 3.8) is 0 Å². The van der Waals surface area contributed by atoms with Crippen LogP contribution < -0.4 is 20.5 Å². The number of nitrogens with two attached hydrogens (primary N) is 1. The molecular formula is C38H42N2O3. The van der Waals surface area contributed by atoms with Gasteiger partial charge in [0, 0.05) is 22.5 Å². The van der Waals surface area contributed by atoms with E-state index in [2.05, 4.69) is 72.9 Å². The summed E-state index contributed by atoms with van der Waals surface area (Å²) in [6.45, 7) is 5.92. The minimum absolute atomic E-state index is 0.0253. The third-order valence-electron chi connectivity index (χ3n) is 6.98. The maximum absolute atomic E-state index is 9.40. The Labute approximate surface area is 255 Å². The number of hydrogen-bond acceptors (Lipinski definition) is 5. The lowest BCUT2D eigenvalue weighted by Crippen LogP contribution is -2.04. The van der Waals surface area contributed by atoms with E-state index < -0.39 is 0 Å². The van der Waals surface area contributed by atoms with Crippen LogP contribution in [0.3, 0.4) is 0 Å². The molecule has 222 valence electrons. The van der Waals surface area contributed by atoms with E-state index in [0.717, 1.165) is 63.5 Å². The SMILES string of the molecule is CCOc1ccc(Nc2ccc(CC)cc2)cc1-c1ccccc1.NCCc1ccc(OCc2ccccc2)c(CO)c1. The van der Waals surface area contributed by atoms with Crippen LogP contribution in [0.1, 0.15) is 36.1 Å². The summed E-state index contributed by atoms with van der Waals surface area (Å²) >= 11 is 0. The van der Waals surface area contributed by atoms with Crippen molar-refractivity contribution >= 4 is 11.4 Å². The molecular weight excluding hydrogens is 532 g/mol. The molecule has 0 heterocycles. The predicted molar refractivity (Wildman–Crippen MR) is 178 cm³/mol. The largest absolute Gasteiger partial charge is 0.493 e. The van der Waals surface area contributed by atoms with E-state index in [1.54, 1.807) is 0 Å². The average Bonchev–Trinajstić information content (AvgIpc) is 3.06. The molecule has 0 aliphatic heterocycles. The Bertz CT molecular complexity index is 1520. The van der Waals surface area contributed by atoms with Gasteiger partial charge in [-0.25, -0.2) is 0 Å². The molecule has 43 heavy (non-hydrogen) atoms. The number of hydrogen-bond donors (Lipinski definition) is 3. The zero-order valence-corrected chi connectivity index (χ0v) is 25.1. The van der Waals surface area contributed by atoms with Crippen LogP contribution in [-0.2, 0) is 26.1 Å². The molecule has 0 bridgehead atoms. The predicted octanol–water partition coefficient (Wildman–Crippen LogP) is 8.32. The first-order valence-electron chi connectivity index (χ1n) is 14.9. The topological polar surface area (TPSA) is 76.7 Å². The highest BCUT2D eigenvalue weighted by atomic mass is 16.5. The van der Waals surface area contributed by atoms with Crippen LogP contribution in [0.2, 0.25) is 0 Å². The van der Waals surface area contributed by atoms with Gasteiger partial charge >= 0.3 is 0 Å². The van der Waals surface area contributed by atoms with Gasteiger partial charge in [0.25, 0.3) is 0 Å². The normalized spacial score (nSPS) is 10.4. The number of anilines is 2. The van der Waals surface area contributed by atoms with Crippen LogP contribution in [0.25, 0.3) is 11.1 Å². The van der Waals surface area contributed by atoms with Gasteiger partial charge in [-0.2, -0.15) is 0 Å². The van der Waals surface area contributed by atoms with E-state index in [1.165, 1.54) is 5.56 Å². The highest BCUT2D eigenvalue weighted by Crippen LogP contribution is 2.33. The maximum atomic E-state index is 9.40. The number of aliphatic hydroxyl groups excluding tert-OH is 1. The van der Waals surface area contributed by atoms with Crippen molar-refractivity contribution < 1.29 is 14.6 Å². The number of aryl methyl sites for hydroxylation is 1. The molecule has 0 unspecified atom stereocenters. The first-order valence-corrected chi connectivity index (χ1v) is 14.9. The molecule has 0 aliphatic carbocycles. The van der Waals surface area contributed by atoms with Gasteiger partial charge in [-0.3, -0.25) is 0 Å². The molecule has 5 heteroatoms. The molecule has 0 aliphatic rings. The van der Waals surface area contributed by atoms with Gasteiger partial charge in [0.1, 0.15) is 18.1 Å². The van der Waals surface area contributed by atoms with Gasteiger partial charge in [0.2, 0.25) is 0 Å². The summed E-state index contributed by atoms with van der Waals surface area (Å²) in [7, 11) is 0. The third-order valence-corrected chi connectivity index (χ3v) is 6.98. The van der Waals surface area contributed by atoms with Crippen molar-refractivity contribution in [2.45, 2.75) is 39.9 Å². The van der Waals surface area contributed by atoms with Gasteiger partial charge in [-0.05, 0) is 91.0 Å². The van der Waals surface area contributed by atoms with Gasteiger partial charge in [0.05, 0.1) is 13.2 Å². The van der Waals surface area contributed by atoms with Crippen LogP contribution in [0.4, 0.5) is 11.4 Å². The zero-order chi connectivity index (χ0) is 30.3. The Morgan fingerprint density at radius 3 is 1.95 bits per heavy atom. The van der Waals surface area contributed by atoms with E-state index in [0.29, 0.717) is 19.8 Å². The molecule has 0 amide bonds. The standard InChI is InChI=1S/C22H23NO.C16H19NO2/c1-3-17-10-12-19(13-11-17)23-20-14-15-22(24-4-2)21(16-20)18-8-6-5-7-9-18;17-9-8-13-6-7-16(15(10-13)11-18)19-12-14-4-2-1-3-5-14/h5-16,23H,3-4H2,1-2H3;1-7,10,18H,8-9,11-12,17H2. The molecule has 0 spiro atoms. The van der Waals surface area contributed by atoms with Crippen LogP contribution in [-0.4, -0.2) is 18.3 Å². The minimum Gasteiger partial charge on any atom is -0.493 e. The van der Waals surface area contributed by atoms with Crippen molar-refractivity contribution in [1.29, 1.82) is 0 Å². The van der Waals surface area contributed by atoms with E-state index in [4.69, 9.17) is 15.2 Å². The number of benzene rings is 5. The molecule has 0 saturated heterocycles. The van der Waals surface area contributed by atoms with Crippen molar-refractivity contribution in [2.24, 2.45) is 5.73 Å². The first kappa shape index (κ1) is 31.4. The van der Waals surface area contributed by atoms with Gasteiger partial charge in [-0.1, -0.05) is 85.8 Å². The average molecular weight is 575 g/mol. The Hall–Kier alpha value is -4.58. The molecule has 5 nitrogen and oxygen atoms in total. The minimum atomic E-state index is -0.0253. The first-order chi connectivity index (χ1) is 21.1. The monoisotopic (exact) mass is 574 g/mol. The molecule has 0 fully saturated rings. The fourth-order valence-electron chi connectivity index (χ4n) is 4.68. The third kappa shape index (κ3) is 9.47. The Morgan fingerprint density at radius 1 is 0.651 bits per heavy atom. The molecule has 5 aromatic carbocycles. The lowest BCUT2D eigenvalue weighted by Gasteiger charge is -2.14. The van der Waals surface area contributed by atoms with E-state index in [-0.39, 0.29) is 6.61 Å². The maximum Gasteiger partial charge on any atom is 0.127 e. The van der Waals surface area contributed by atoms with Crippen LogP contribution in [0.15, 0.2) is 121 Å². The van der Waals surface area contributed by atoms with Crippen molar-refractivity contribution in [1.82, 2.24) is 0 Å². The highest BCUT2D eigenvalue weighted by molar-refractivity contribution is 5.76. The summed E-state index contributed by atoms with van der Waals surface area (Å²) in [5.41, 5.74) is 14.3. The van der Waals surface area contributed by atoms with Crippen LogP contribution in [0, 0.1) is 0 Å². The number of ether oxygens (including phenoxy) is 2. The summed E-state index contributed by atoms with van der Waals surface area (Å²) in [6, 6.07) is 41.0. The number of rotatable bonds is 12. The van der Waals surface area contributed by atoms with Gasteiger partial charge in [-0.15, -0.1) is 0 Å². The Kier molecular flexibility index (Phi) is 12.2. The fourth-order valence-corrected chi connectivity index (χ4v) is 4.68. The fraction of sp³-hybridized carbons (Fsp3) is 0.211. The van der Waals surface area contributed by atoms with Gasteiger partial charge < -0.3 is 25.6 Å². The highest BCUT2D eigenvalue weighted by Gasteiger charge is 2.08. The summed E-state index contributed by atoms with van der Waals surface area (Å²) < 4.78 is 11.6. The van der Waals surface area contributed by atoms with E-state index >= 15 is 0 Å². The smallest absolute Gasteiger partial charge is 0.127 e. The van der Waals surface area contributed by atoms with Crippen molar-refractivity contribution in [3.05, 3.63) is 144 Å². The second-order valence-electron chi connectivity index (χ2n) is 10.1.